The number of amides is 1. The number of benzene rings is 2. The number of hydrogen-bond acceptors (Lipinski definition) is 7. The molecule has 3 rings (SSSR count). The Bertz CT molecular complexity index is 1270. The molecule has 10 heteroatoms. The van der Waals surface area contributed by atoms with Crippen LogP contribution in [-0.2, 0) is 21.1 Å². The average molecular weight is 465 g/mol. The van der Waals surface area contributed by atoms with Gasteiger partial charge in [-0.2, -0.15) is 4.99 Å². The monoisotopic (exact) mass is 464 g/mol. The van der Waals surface area contributed by atoms with Crippen LogP contribution < -0.4 is 14.3 Å². The van der Waals surface area contributed by atoms with E-state index in [2.05, 4.69) is 4.99 Å². The highest BCUT2D eigenvalue weighted by atomic mass is 32.2. The van der Waals surface area contributed by atoms with Crippen LogP contribution in [0.25, 0.3) is 10.2 Å². The second-order valence-corrected chi connectivity index (χ2v) is 9.59. The fraction of sp³-hybridized carbons (Fsp3) is 0.333. The number of aromatic nitrogens is 1. The number of fused-ring (bicyclic) bond motifs is 1. The van der Waals surface area contributed by atoms with Crippen molar-refractivity contribution in [2.24, 2.45) is 4.99 Å². The van der Waals surface area contributed by atoms with Crippen molar-refractivity contribution in [3.63, 3.8) is 0 Å². The molecule has 0 radical (unpaired) electrons. The minimum absolute atomic E-state index is 0.0671. The van der Waals surface area contributed by atoms with Crippen LogP contribution in [-0.4, -0.2) is 52.6 Å². The van der Waals surface area contributed by atoms with E-state index in [4.69, 9.17) is 14.2 Å². The van der Waals surface area contributed by atoms with Gasteiger partial charge in [0.2, 0.25) is 0 Å². The van der Waals surface area contributed by atoms with Crippen molar-refractivity contribution in [2.75, 3.05) is 33.7 Å². The van der Waals surface area contributed by atoms with Gasteiger partial charge in [-0.15, -0.1) is 0 Å². The summed E-state index contributed by atoms with van der Waals surface area (Å²) < 4.78 is 42.8. The van der Waals surface area contributed by atoms with Crippen LogP contribution in [0.5, 0.6) is 11.5 Å². The highest BCUT2D eigenvalue weighted by Gasteiger charge is 2.17. The maximum atomic E-state index is 12.9. The number of sulfone groups is 1. The Balaban J connectivity index is 2.19. The molecule has 0 fully saturated rings. The summed E-state index contributed by atoms with van der Waals surface area (Å²) in [5.41, 5.74) is 0.943. The van der Waals surface area contributed by atoms with Crippen molar-refractivity contribution in [3.8, 4) is 11.5 Å². The molecular weight excluding hydrogens is 440 g/mol. The molecule has 0 saturated heterocycles. The molecule has 2 aromatic carbocycles. The fourth-order valence-electron chi connectivity index (χ4n) is 3.06. The van der Waals surface area contributed by atoms with E-state index in [0.717, 1.165) is 16.5 Å². The third-order valence-electron chi connectivity index (χ3n) is 4.56. The lowest BCUT2D eigenvalue weighted by atomic mass is 10.2. The highest BCUT2D eigenvalue weighted by Crippen LogP contribution is 2.35. The molecule has 0 N–H and O–H groups in total. The summed E-state index contributed by atoms with van der Waals surface area (Å²) in [4.78, 5) is 17.7. The number of nitrogens with zero attached hydrogens (tertiary/aromatic N) is 2. The smallest absolute Gasteiger partial charge is 0.279 e. The molecule has 1 heterocycles. The quantitative estimate of drug-likeness (QED) is 0.476. The van der Waals surface area contributed by atoms with Gasteiger partial charge in [-0.05, 0) is 37.3 Å². The molecule has 8 nitrogen and oxygen atoms in total. The molecule has 0 aliphatic heterocycles. The van der Waals surface area contributed by atoms with Gasteiger partial charge in [0, 0.05) is 25.0 Å². The highest BCUT2D eigenvalue weighted by molar-refractivity contribution is 7.90. The number of hydrogen-bond donors (Lipinski definition) is 0. The van der Waals surface area contributed by atoms with Crippen LogP contribution in [0.4, 0.5) is 0 Å². The molecule has 0 bridgehead atoms. The van der Waals surface area contributed by atoms with Crippen molar-refractivity contribution < 1.29 is 27.4 Å². The van der Waals surface area contributed by atoms with Crippen molar-refractivity contribution in [1.82, 2.24) is 4.57 Å². The normalized spacial score (nSPS) is 12.3. The van der Waals surface area contributed by atoms with Crippen LogP contribution >= 0.6 is 11.3 Å². The van der Waals surface area contributed by atoms with E-state index in [9.17, 15) is 13.2 Å². The SMILES string of the molecule is CCOCCn1c(=NC(=O)c2cccc(S(C)(=O)=O)c2)sc2c(OC)ccc(OC)c21. The zero-order valence-electron chi connectivity index (χ0n) is 17.7. The molecule has 0 atom stereocenters. The Labute approximate surface area is 184 Å². The summed E-state index contributed by atoms with van der Waals surface area (Å²) in [5.74, 6) is 0.718. The van der Waals surface area contributed by atoms with Gasteiger partial charge in [0.1, 0.15) is 21.7 Å². The predicted octanol–water partition coefficient (Wildman–Crippen LogP) is 2.90. The molecule has 1 amide bonds. The molecule has 0 spiro atoms. The van der Waals surface area contributed by atoms with Gasteiger partial charge in [-0.3, -0.25) is 4.79 Å². The molecule has 166 valence electrons. The van der Waals surface area contributed by atoms with Crippen molar-refractivity contribution in [1.29, 1.82) is 0 Å². The number of ether oxygens (including phenoxy) is 3. The number of thiazole rings is 1. The summed E-state index contributed by atoms with van der Waals surface area (Å²) in [5, 5.41) is 0. The lowest BCUT2D eigenvalue weighted by Crippen LogP contribution is -2.20. The third kappa shape index (κ3) is 4.97. The standard InChI is InChI=1S/C21H24N2O6S2/c1-5-29-12-11-23-18-16(27-2)9-10-17(28-3)19(18)30-21(23)22-20(24)14-7-6-8-15(13-14)31(4,25)26/h6-10,13H,5,11-12H2,1-4H3. The minimum Gasteiger partial charge on any atom is -0.495 e. The molecule has 0 unspecified atom stereocenters. The van der Waals surface area contributed by atoms with Gasteiger partial charge in [0.05, 0.1) is 25.7 Å². The van der Waals surface area contributed by atoms with E-state index < -0.39 is 15.7 Å². The molecule has 0 aliphatic carbocycles. The Morgan fingerprint density at radius 3 is 2.48 bits per heavy atom. The number of methoxy groups -OCH3 is 2. The van der Waals surface area contributed by atoms with Crippen molar-refractivity contribution >= 4 is 37.3 Å². The molecule has 0 aliphatic rings. The van der Waals surface area contributed by atoms with E-state index in [1.807, 2.05) is 11.5 Å². The minimum atomic E-state index is -3.44. The molecular formula is C21H24N2O6S2. The van der Waals surface area contributed by atoms with Crippen LogP contribution in [0.3, 0.4) is 0 Å². The lowest BCUT2D eigenvalue weighted by molar-refractivity contribution is 0.0996. The summed E-state index contributed by atoms with van der Waals surface area (Å²) >= 11 is 1.29. The van der Waals surface area contributed by atoms with Crippen molar-refractivity contribution in [2.45, 2.75) is 18.4 Å². The first kappa shape index (κ1) is 23.0. The van der Waals surface area contributed by atoms with E-state index in [0.29, 0.717) is 36.1 Å². The maximum absolute atomic E-state index is 12.9. The van der Waals surface area contributed by atoms with Crippen LogP contribution in [0.15, 0.2) is 46.3 Å². The zero-order valence-corrected chi connectivity index (χ0v) is 19.4. The topological polar surface area (TPSA) is 96.2 Å². The van der Waals surface area contributed by atoms with Crippen LogP contribution in [0.1, 0.15) is 17.3 Å². The van der Waals surface area contributed by atoms with Gasteiger partial charge in [-0.1, -0.05) is 17.4 Å². The first-order valence-corrected chi connectivity index (χ1v) is 12.2. The predicted molar refractivity (Wildman–Crippen MR) is 119 cm³/mol. The number of carbonyl (C=O) groups excluding carboxylic acids is 1. The summed E-state index contributed by atoms with van der Waals surface area (Å²) in [6, 6.07) is 9.44. The van der Waals surface area contributed by atoms with Crippen LogP contribution in [0.2, 0.25) is 0 Å². The summed E-state index contributed by atoms with van der Waals surface area (Å²) in [6.45, 7) is 3.34. The van der Waals surface area contributed by atoms with E-state index in [1.54, 1.807) is 32.4 Å². The Kier molecular flexibility index (Phi) is 7.14. The first-order chi connectivity index (χ1) is 14.8. The number of rotatable bonds is 8. The molecule has 3 aromatic rings. The second kappa shape index (κ2) is 9.63. The average Bonchev–Trinajstić information content (AvgIpc) is 3.11. The van der Waals surface area contributed by atoms with E-state index in [-0.39, 0.29) is 10.5 Å². The first-order valence-electron chi connectivity index (χ1n) is 9.51. The Morgan fingerprint density at radius 2 is 1.84 bits per heavy atom. The zero-order chi connectivity index (χ0) is 22.6. The largest absolute Gasteiger partial charge is 0.495 e. The number of carbonyl (C=O) groups is 1. The van der Waals surface area contributed by atoms with Crippen molar-refractivity contribution in [3.05, 3.63) is 46.8 Å². The molecule has 31 heavy (non-hydrogen) atoms. The summed E-state index contributed by atoms with van der Waals surface area (Å²) in [7, 11) is -0.292. The third-order valence-corrected chi connectivity index (χ3v) is 6.77. The van der Waals surface area contributed by atoms with E-state index >= 15 is 0 Å². The Morgan fingerprint density at radius 1 is 1.13 bits per heavy atom. The van der Waals surface area contributed by atoms with Gasteiger partial charge in [-0.25, -0.2) is 8.42 Å². The lowest BCUT2D eigenvalue weighted by Gasteiger charge is -2.10. The second-order valence-electron chi connectivity index (χ2n) is 6.60. The van der Waals surface area contributed by atoms with Gasteiger partial charge >= 0.3 is 0 Å². The fourth-order valence-corrected chi connectivity index (χ4v) is 4.89. The maximum Gasteiger partial charge on any atom is 0.279 e. The van der Waals surface area contributed by atoms with Gasteiger partial charge < -0.3 is 18.8 Å². The van der Waals surface area contributed by atoms with Crippen LogP contribution in [0, 0.1) is 0 Å². The van der Waals surface area contributed by atoms with E-state index in [1.165, 1.54) is 29.5 Å². The summed E-state index contributed by atoms with van der Waals surface area (Å²) in [6.07, 6.45) is 1.10. The van der Waals surface area contributed by atoms with Gasteiger partial charge in [0.15, 0.2) is 14.6 Å². The molecule has 0 saturated carbocycles. The molecule has 1 aromatic heterocycles. The van der Waals surface area contributed by atoms with Gasteiger partial charge in [0.25, 0.3) is 5.91 Å². The Hall–Kier alpha value is -2.69.